The molecule has 1 aromatic rings. The maximum absolute atomic E-state index is 12.1. The second kappa shape index (κ2) is 7.72. The van der Waals surface area contributed by atoms with Crippen LogP contribution in [0.4, 0.5) is 0 Å². The first kappa shape index (κ1) is 16.9. The van der Waals surface area contributed by atoms with Crippen LogP contribution in [0.5, 0.6) is 0 Å². The molecule has 1 N–H and O–H groups in total. The highest BCUT2D eigenvalue weighted by Gasteiger charge is 2.16. The highest BCUT2D eigenvalue weighted by Crippen LogP contribution is 2.17. The Balaban J connectivity index is 1.75. The Morgan fingerprint density at radius 2 is 2.05 bits per heavy atom. The van der Waals surface area contributed by atoms with Crippen molar-refractivity contribution < 1.29 is 8.42 Å². The highest BCUT2D eigenvalue weighted by molar-refractivity contribution is 9.10. The van der Waals surface area contributed by atoms with Crippen LogP contribution in [0, 0.1) is 5.92 Å². The minimum Gasteiger partial charge on any atom is -0.303 e. The summed E-state index contributed by atoms with van der Waals surface area (Å²) < 4.78 is 27.7. The molecule has 1 aliphatic heterocycles. The van der Waals surface area contributed by atoms with Crippen LogP contribution in [0.1, 0.15) is 26.2 Å². The van der Waals surface area contributed by atoms with Gasteiger partial charge in [-0.25, -0.2) is 13.1 Å². The van der Waals surface area contributed by atoms with E-state index in [0.717, 1.165) is 36.4 Å². The number of nitrogens with zero attached hydrogens (tertiary/aromatic N) is 1. The molecule has 1 saturated heterocycles. The van der Waals surface area contributed by atoms with Crippen molar-refractivity contribution in [3.63, 3.8) is 0 Å². The number of benzene rings is 1. The van der Waals surface area contributed by atoms with E-state index in [-0.39, 0.29) is 0 Å². The minimum atomic E-state index is -3.39. The van der Waals surface area contributed by atoms with Gasteiger partial charge in [0, 0.05) is 11.0 Å². The maximum Gasteiger partial charge on any atom is 0.240 e. The standard InChI is InChI=1S/C15H23BrN2O2S/c1-13-6-10-18(11-7-13)9-3-8-17-21(19,20)15-5-2-4-14(16)12-15/h2,4-5,12-13,17H,3,6-11H2,1H3. The van der Waals surface area contributed by atoms with Crippen molar-refractivity contribution in [1.29, 1.82) is 0 Å². The zero-order chi connectivity index (χ0) is 15.3. The Bertz CT molecular complexity index is 555. The molecule has 0 unspecified atom stereocenters. The van der Waals surface area contributed by atoms with Crippen molar-refractivity contribution in [1.82, 2.24) is 9.62 Å². The van der Waals surface area contributed by atoms with Gasteiger partial charge >= 0.3 is 0 Å². The molecule has 0 aliphatic carbocycles. The van der Waals surface area contributed by atoms with Crippen LogP contribution in [0.25, 0.3) is 0 Å². The fourth-order valence-corrected chi connectivity index (χ4v) is 4.18. The van der Waals surface area contributed by atoms with Gasteiger partial charge < -0.3 is 4.90 Å². The van der Waals surface area contributed by atoms with Gasteiger partial charge in [-0.15, -0.1) is 0 Å². The number of rotatable bonds is 6. The molecule has 6 heteroatoms. The lowest BCUT2D eigenvalue weighted by molar-refractivity contribution is 0.191. The van der Waals surface area contributed by atoms with Gasteiger partial charge in [0.05, 0.1) is 4.90 Å². The van der Waals surface area contributed by atoms with Gasteiger partial charge in [0.15, 0.2) is 0 Å². The number of nitrogens with one attached hydrogen (secondary N) is 1. The highest BCUT2D eigenvalue weighted by atomic mass is 79.9. The quantitative estimate of drug-likeness (QED) is 0.778. The molecule has 0 aromatic heterocycles. The number of sulfonamides is 1. The second-order valence-corrected chi connectivity index (χ2v) is 8.42. The summed E-state index contributed by atoms with van der Waals surface area (Å²) in [4.78, 5) is 2.73. The van der Waals surface area contributed by atoms with E-state index in [1.54, 1.807) is 18.2 Å². The summed E-state index contributed by atoms with van der Waals surface area (Å²) in [5.41, 5.74) is 0. The third kappa shape index (κ3) is 5.36. The third-order valence-corrected chi connectivity index (χ3v) is 5.88. The van der Waals surface area contributed by atoms with E-state index in [1.807, 2.05) is 6.07 Å². The SMILES string of the molecule is CC1CCN(CCCNS(=O)(=O)c2cccc(Br)c2)CC1. The van der Waals surface area contributed by atoms with Gasteiger partial charge in [0.1, 0.15) is 0 Å². The lowest BCUT2D eigenvalue weighted by atomic mass is 9.99. The van der Waals surface area contributed by atoms with Gasteiger partial charge in [0.2, 0.25) is 10.0 Å². The number of hydrogen-bond acceptors (Lipinski definition) is 3. The molecule has 0 atom stereocenters. The lowest BCUT2D eigenvalue weighted by Gasteiger charge is -2.30. The lowest BCUT2D eigenvalue weighted by Crippen LogP contribution is -2.35. The van der Waals surface area contributed by atoms with E-state index < -0.39 is 10.0 Å². The van der Waals surface area contributed by atoms with E-state index in [4.69, 9.17) is 0 Å². The fourth-order valence-electron chi connectivity index (χ4n) is 2.51. The third-order valence-electron chi connectivity index (χ3n) is 3.93. The smallest absolute Gasteiger partial charge is 0.240 e. The first-order chi connectivity index (χ1) is 9.97. The summed E-state index contributed by atoms with van der Waals surface area (Å²) in [6.07, 6.45) is 3.36. The molecule has 4 nitrogen and oxygen atoms in total. The van der Waals surface area contributed by atoms with E-state index in [0.29, 0.717) is 11.4 Å². The zero-order valence-corrected chi connectivity index (χ0v) is 14.8. The summed E-state index contributed by atoms with van der Waals surface area (Å²) in [6, 6.07) is 6.78. The molecule has 1 aromatic carbocycles. The average Bonchev–Trinajstić information content (AvgIpc) is 2.45. The van der Waals surface area contributed by atoms with Crippen molar-refractivity contribution in [2.45, 2.75) is 31.1 Å². The first-order valence-corrected chi connectivity index (χ1v) is 9.72. The predicted octanol–water partition coefficient (Wildman–Crippen LogP) is 2.85. The second-order valence-electron chi connectivity index (χ2n) is 5.73. The molecular weight excluding hydrogens is 352 g/mol. The van der Waals surface area contributed by atoms with E-state index in [1.165, 1.54) is 12.8 Å². The number of halogens is 1. The van der Waals surface area contributed by atoms with Crippen molar-refractivity contribution in [2.24, 2.45) is 5.92 Å². The van der Waals surface area contributed by atoms with Gasteiger partial charge in [-0.05, 0) is 63.0 Å². The molecule has 0 bridgehead atoms. The van der Waals surface area contributed by atoms with Crippen molar-refractivity contribution in [3.8, 4) is 0 Å². The molecule has 1 heterocycles. The largest absolute Gasteiger partial charge is 0.303 e. The average molecular weight is 375 g/mol. The van der Waals surface area contributed by atoms with E-state index in [9.17, 15) is 8.42 Å². The van der Waals surface area contributed by atoms with Crippen LogP contribution in [0.3, 0.4) is 0 Å². The molecule has 21 heavy (non-hydrogen) atoms. The van der Waals surface area contributed by atoms with E-state index in [2.05, 4.69) is 32.5 Å². The van der Waals surface area contributed by atoms with Crippen LogP contribution in [-0.4, -0.2) is 39.5 Å². The van der Waals surface area contributed by atoms with Crippen LogP contribution in [0.2, 0.25) is 0 Å². The topological polar surface area (TPSA) is 49.4 Å². The van der Waals surface area contributed by atoms with Gasteiger partial charge in [-0.3, -0.25) is 0 Å². The maximum atomic E-state index is 12.1. The zero-order valence-electron chi connectivity index (χ0n) is 12.4. The Kier molecular flexibility index (Phi) is 6.22. The van der Waals surface area contributed by atoms with Crippen LogP contribution in [0.15, 0.2) is 33.6 Å². The van der Waals surface area contributed by atoms with Crippen molar-refractivity contribution >= 4 is 26.0 Å². The van der Waals surface area contributed by atoms with Crippen molar-refractivity contribution in [3.05, 3.63) is 28.7 Å². The number of piperidine rings is 1. The predicted molar refractivity (Wildman–Crippen MR) is 88.8 cm³/mol. The van der Waals surface area contributed by atoms with Crippen LogP contribution in [-0.2, 0) is 10.0 Å². The first-order valence-electron chi connectivity index (χ1n) is 7.45. The number of hydrogen-bond donors (Lipinski definition) is 1. The molecular formula is C15H23BrN2O2S. The summed E-state index contributed by atoms with van der Waals surface area (Å²) in [5, 5.41) is 0. The normalized spacial score (nSPS) is 18.0. The summed E-state index contributed by atoms with van der Waals surface area (Å²) in [7, 11) is -3.39. The Hall–Kier alpha value is -0.430. The molecule has 0 radical (unpaired) electrons. The Morgan fingerprint density at radius 3 is 2.71 bits per heavy atom. The van der Waals surface area contributed by atoms with E-state index >= 15 is 0 Å². The van der Waals surface area contributed by atoms with Crippen LogP contribution >= 0.6 is 15.9 Å². The fraction of sp³-hybridized carbons (Fsp3) is 0.600. The number of likely N-dealkylation sites (tertiary alicyclic amines) is 1. The van der Waals surface area contributed by atoms with Gasteiger partial charge in [-0.1, -0.05) is 28.9 Å². The molecule has 118 valence electrons. The Labute approximate surface area is 136 Å². The molecule has 0 amide bonds. The Morgan fingerprint density at radius 1 is 1.33 bits per heavy atom. The minimum absolute atomic E-state index is 0.309. The molecule has 1 fully saturated rings. The summed E-state index contributed by atoms with van der Waals surface area (Å²) >= 11 is 3.29. The molecule has 2 rings (SSSR count). The molecule has 0 spiro atoms. The molecule has 1 aliphatic rings. The summed E-state index contributed by atoms with van der Waals surface area (Å²) in [6.45, 7) is 6.02. The van der Waals surface area contributed by atoms with Gasteiger partial charge in [-0.2, -0.15) is 0 Å². The summed E-state index contributed by atoms with van der Waals surface area (Å²) in [5.74, 6) is 0.830. The van der Waals surface area contributed by atoms with Crippen molar-refractivity contribution in [2.75, 3.05) is 26.2 Å². The molecule has 0 saturated carbocycles. The van der Waals surface area contributed by atoms with Crippen LogP contribution < -0.4 is 4.72 Å². The monoisotopic (exact) mass is 374 g/mol. The van der Waals surface area contributed by atoms with Gasteiger partial charge in [0.25, 0.3) is 0 Å².